The van der Waals surface area contributed by atoms with Crippen LogP contribution in [0.15, 0.2) is 30.6 Å². The predicted molar refractivity (Wildman–Crippen MR) is 53.3 cm³/mol. The predicted octanol–water partition coefficient (Wildman–Crippen LogP) is 2.53. The molecule has 0 fully saturated rings. The van der Waals surface area contributed by atoms with Crippen LogP contribution in [0.3, 0.4) is 0 Å². The summed E-state index contributed by atoms with van der Waals surface area (Å²) in [7, 11) is 1.82. The van der Waals surface area contributed by atoms with Crippen LogP contribution in [0, 0.1) is 12.7 Å². The van der Waals surface area contributed by atoms with Crippen LogP contribution in [0.1, 0.15) is 5.56 Å². The lowest BCUT2D eigenvalue weighted by Crippen LogP contribution is -1.85. The van der Waals surface area contributed by atoms with E-state index in [-0.39, 0.29) is 5.82 Å². The third kappa shape index (κ3) is 1.53. The standard InChI is InChI=1S/C11H11FN2/c1-8-3-4-10(11(12)5-8)9-6-13-14(2)7-9/h3-7H,1-2H3. The molecule has 3 heteroatoms. The first-order valence-electron chi connectivity index (χ1n) is 4.42. The zero-order valence-electron chi connectivity index (χ0n) is 8.16. The Balaban J connectivity index is 2.52. The molecule has 72 valence electrons. The molecule has 1 aromatic heterocycles. The fourth-order valence-electron chi connectivity index (χ4n) is 1.41. The van der Waals surface area contributed by atoms with Crippen molar-refractivity contribution in [1.29, 1.82) is 0 Å². The van der Waals surface area contributed by atoms with Gasteiger partial charge in [-0.05, 0) is 18.6 Å². The highest BCUT2D eigenvalue weighted by atomic mass is 19.1. The molecule has 0 radical (unpaired) electrons. The second-order valence-corrected chi connectivity index (χ2v) is 3.39. The Hall–Kier alpha value is -1.64. The molecule has 0 N–H and O–H groups in total. The molecule has 0 amide bonds. The van der Waals surface area contributed by atoms with Gasteiger partial charge < -0.3 is 0 Å². The molecule has 0 aliphatic heterocycles. The average Bonchev–Trinajstić information content (AvgIpc) is 2.51. The van der Waals surface area contributed by atoms with E-state index in [0.717, 1.165) is 11.1 Å². The lowest BCUT2D eigenvalue weighted by atomic mass is 10.1. The van der Waals surface area contributed by atoms with Crippen molar-refractivity contribution in [2.24, 2.45) is 7.05 Å². The number of hydrogen-bond acceptors (Lipinski definition) is 1. The maximum atomic E-state index is 13.5. The Morgan fingerprint density at radius 1 is 1.36 bits per heavy atom. The highest BCUT2D eigenvalue weighted by Gasteiger charge is 2.06. The topological polar surface area (TPSA) is 17.8 Å². The molecule has 2 aromatic rings. The number of benzene rings is 1. The minimum Gasteiger partial charge on any atom is -0.275 e. The summed E-state index contributed by atoms with van der Waals surface area (Å²) in [6, 6.07) is 5.20. The van der Waals surface area contributed by atoms with Gasteiger partial charge in [0.15, 0.2) is 0 Å². The number of aryl methyl sites for hydroxylation is 2. The number of halogens is 1. The van der Waals surface area contributed by atoms with E-state index in [1.807, 2.05) is 20.0 Å². The van der Waals surface area contributed by atoms with Crippen LogP contribution < -0.4 is 0 Å². The van der Waals surface area contributed by atoms with Crippen LogP contribution in [-0.4, -0.2) is 9.78 Å². The molecule has 1 heterocycles. The molecule has 0 aliphatic rings. The average molecular weight is 190 g/mol. The molecule has 0 bridgehead atoms. The lowest BCUT2D eigenvalue weighted by Gasteiger charge is -2.00. The van der Waals surface area contributed by atoms with E-state index in [1.165, 1.54) is 6.07 Å². The first-order valence-corrected chi connectivity index (χ1v) is 4.42. The van der Waals surface area contributed by atoms with Crippen molar-refractivity contribution in [3.8, 4) is 11.1 Å². The van der Waals surface area contributed by atoms with Crippen molar-refractivity contribution in [2.45, 2.75) is 6.92 Å². The Morgan fingerprint density at radius 3 is 2.71 bits per heavy atom. The van der Waals surface area contributed by atoms with Crippen LogP contribution in [0.25, 0.3) is 11.1 Å². The quantitative estimate of drug-likeness (QED) is 0.675. The first kappa shape index (κ1) is 8.94. The molecule has 0 unspecified atom stereocenters. The van der Waals surface area contributed by atoms with E-state index in [9.17, 15) is 4.39 Å². The SMILES string of the molecule is Cc1ccc(-c2cnn(C)c2)c(F)c1. The maximum absolute atomic E-state index is 13.5. The van der Waals surface area contributed by atoms with Crippen molar-refractivity contribution < 1.29 is 4.39 Å². The molecule has 2 rings (SSSR count). The lowest BCUT2D eigenvalue weighted by molar-refractivity contribution is 0.630. The van der Waals surface area contributed by atoms with Crippen LogP contribution in [-0.2, 0) is 7.05 Å². The molecule has 1 aromatic carbocycles. The van der Waals surface area contributed by atoms with Gasteiger partial charge in [-0.1, -0.05) is 12.1 Å². The zero-order valence-corrected chi connectivity index (χ0v) is 8.16. The summed E-state index contributed by atoms with van der Waals surface area (Å²) in [5, 5.41) is 4.01. The summed E-state index contributed by atoms with van der Waals surface area (Å²) in [4.78, 5) is 0. The number of nitrogens with zero attached hydrogens (tertiary/aromatic N) is 2. The van der Waals surface area contributed by atoms with Gasteiger partial charge in [0, 0.05) is 24.4 Å². The van der Waals surface area contributed by atoms with Gasteiger partial charge in [0.25, 0.3) is 0 Å². The van der Waals surface area contributed by atoms with Crippen LogP contribution in [0.2, 0.25) is 0 Å². The van der Waals surface area contributed by atoms with E-state index in [4.69, 9.17) is 0 Å². The minimum atomic E-state index is -0.196. The smallest absolute Gasteiger partial charge is 0.131 e. The van der Waals surface area contributed by atoms with Crippen LogP contribution in [0.4, 0.5) is 4.39 Å². The fourth-order valence-corrected chi connectivity index (χ4v) is 1.41. The highest BCUT2D eigenvalue weighted by molar-refractivity contribution is 5.62. The van der Waals surface area contributed by atoms with Crippen molar-refractivity contribution in [2.75, 3.05) is 0 Å². The van der Waals surface area contributed by atoms with Crippen molar-refractivity contribution >= 4 is 0 Å². The molecule has 0 atom stereocenters. The minimum absolute atomic E-state index is 0.196. The van der Waals surface area contributed by atoms with Gasteiger partial charge in [0.2, 0.25) is 0 Å². The third-order valence-corrected chi connectivity index (χ3v) is 2.14. The van der Waals surface area contributed by atoms with Crippen molar-refractivity contribution in [3.05, 3.63) is 42.0 Å². The largest absolute Gasteiger partial charge is 0.275 e. The molecular formula is C11H11FN2. The van der Waals surface area contributed by atoms with E-state index in [0.29, 0.717) is 5.56 Å². The molecular weight excluding hydrogens is 179 g/mol. The number of rotatable bonds is 1. The Labute approximate surface area is 82.0 Å². The fraction of sp³-hybridized carbons (Fsp3) is 0.182. The van der Waals surface area contributed by atoms with Gasteiger partial charge in [-0.2, -0.15) is 5.10 Å². The van der Waals surface area contributed by atoms with Gasteiger partial charge in [-0.25, -0.2) is 4.39 Å². The van der Waals surface area contributed by atoms with Crippen molar-refractivity contribution in [1.82, 2.24) is 9.78 Å². The normalized spacial score (nSPS) is 10.5. The summed E-state index contributed by atoms with van der Waals surface area (Å²) in [5.41, 5.74) is 2.34. The summed E-state index contributed by atoms with van der Waals surface area (Å²) in [6.45, 7) is 1.87. The summed E-state index contributed by atoms with van der Waals surface area (Å²) in [5.74, 6) is -0.196. The van der Waals surface area contributed by atoms with E-state index < -0.39 is 0 Å². The number of hydrogen-bond donors (Lipinski definition) is 0. The molecule has 0 aliphatic carbocycles. The first-order chi connectivity index (χ1) is 6.66. The van der Waals surface area contributed by atoms with Crippen LogP contribution in [0.5, 0.6) is 0 Å². The van der Waals surface area contributed by atoms with Gasteiger partial charge in [-0.3, -0.25) is 4.68 Å². The molecule has 0 saturated carbocycles. The Bertz CT molecular complexity index is 460. The zero-order chi connectivity index (χ0) is 10.1. The second-order valence-electron chi connectivity index (χ2n) is 3.39. The van der Waals surface area contributed by atoms with Gasteiger partial charge in [0.1, 0.15) is 5.82 Å². The molecule has 0 spiro atoms. The van der Waals surface area contributed by atoms with Crippen molar-refractivity contribution in [3.63, 3.8) is 0 Å². The number of aromatic nitrogens is 2. The van der Waals surface area contributed by atoms with Gasteiger partial charge in [-0.15, -0.1) is 0 Å². The third-order valence-electron chi connectivity index (χ3n) is 2.14. The monoisotopic (exact) mass is 190 g/mol. The van der Waals surface area contributed by atoms with E-state index in [2.05, 4.69) is 5.10 Å². The molecule has 0 saturated heterocycles. The maximum Gasteiger partial charge on any atom is 0.131 e. The van der Waals surface area contributed by atoms with Crippen LogP contribution >= 0.6 is 0 Å². The molecule has 2 nitrogen and oxygen atoms in total. The molecule has 14 heavy (non-hydrogen) atoms. The Morgan fingerprint density at radius 2 is 2.14 bits per heavy atom. The summed E-state index contributed by atoms with van der Waals surface area (Å²) in [6.07, 6.45) is 3.46. The summed E-state index contributed by atoms with van der Waals surface area (Å²) < 4.78 is 15.2. The summed E-state index contributed by atoms with van der Waals surface area (Å²) >= 11 is 0. The van der Waals surface area contributed by atoms with E-state index >= 15 is 0 Å². The van der Waals surface area contributed by atoms with Gasteiger partial charge >= 0.3 is 0 Å². The highest BCUT2D eigenvalue weighted by Crippen LogP contribution is 2.22. The second kappa shape index (κ2) is 3.25. The Kier molecular flexibility index (Phi) is 2.08. The van der Waals surface area contributed by atoms with E-state index in [1.54, 1.807) is 23.1 Å². The van der Waals surface area contributed by atoms with Gasteiger partial charge in [0.05, 0.1) is 6.20 Å².